The largest absolute Gasteiger partial charge is 0.486 e. The minimum absolute atomic E-state index is 0.0833. The first kappa shape index (κ1) is 16.4. The van der Waals surface area contributed by atoms with Crippen molar-refractivity contribution in [1.29, 1.82) is 0 Å². The highest BCUT2D eigenvalue weighted by atomic mass is 32.2. The fourth-order valence-corrected chi connectivity index (χ4v) is 3.00. The summed E-state index contributed by atoms with van der Waals surface area (Å²) in [6.07, 6.45) is -1.31. The molecule has 0 spiro atoms. The zero-order chi connectivity index (χ0) is 16.3. The van der Waals surface area contributed by atoms with E-state index in [1.54, 1.807) is 0 Å². The lowest BCUT2D eigenvalue weighted by Gasteiger charge is -2.19. The summed E-state index contributed by atoms with van der Waals surface area (Å²) in [7, 11) is -4.27. The van der Waals surface area contributed by atoms with Crippen LogP contribution in [0.2, 0.25) is 0 Å². The van der Waals surface area contributed by atoms with Crippen LogP contribution in [-0.2, 0) is 10.0 Å². The van der Waals surface area contributed by atoms with Gasteiger partial charge in [-0.15, -0.1) is 0 Å². The van der Waals surface area contributed by atoms with Gasteiger partial charge in [-0.2, -0.15) is 0 Å². The summed E-state index contributed by atoms with van der Waals surface area (Å²) < 4.78 is 36.7. The van der Waals surface area contributed by atoms with Crippen LogP contribution in [0, 0.1) is 10.1 Å². The lowest BCUT2D eigenvalue weighted by molar-refractivity contribution is -0.388. The Morgan fingerprint density at radius 2 is 1.91 bits per heavy atom. The number of ether oxygens (including phenoxy) is 2. The molecule has 0 aromatic heterocycles. The Bertz CT molecular complexity index is 675. The van der Waals surface area contributed by atoms with Gasteiger partial charge >= 0.3 is 0 Å². The summed E-state index contributed by atoms with van der Waals surface area (Å²) in [6.45, 7) is -0.728. The van der Waals surface area contributed by atoms with Gasteiger partial charge < -0.3 is 19.7 Å². The van der Waals surface area contributed by atoms with Crippen LogP contribution in [0.5, 0.6) is 11.5 Å². The number of benzene rings is 1. The first-order valence-electron chi connectivity index (χ1n) is 6.22. The van der Waals surface area contributed by atoms with Gasteiger partial charge in [-0.1, -0.05) is 0 Å². The second-order valence-corrected chi connectivity index (χ2v) is 6.14. The molecule has 1 aromatic rings. The van der Waals surface area contributed by atoms with Crippen molar-refractivity contribution in [2.45, 2.75) is 11.0 Å². The van der Waals surface area contributed by atoms with Crippen LogP contribution in [0.3, 0.4) is 0 Å². The number of nitro benzene ring substituents is 1. The maximum Gasteiger partial charge on any atom is 0.293 e. The Morgan fingerprint density at radius 1 is 1.32 bits per heavy atom. The summed E-state index contributed by atoms with van der Waals surface area (Å²) in [4.78, 5) is 9.62. The van der Waals surface area contributed by atoms with Crippen molar-refractivity contribution >= 4 is 15.7 Å². The average Bonchev–Trinajstić information content (AvgIpc) is 2.51. The molecule has 0 radical (unpaired) electrons. The van der Waals surface area contributed by atoms with Crippen molar-refractivity contribution < 1.29 is 33.0 Å². The SMILES string of the molecule is O=[N+]([O-])c1cc2c(cc1S(=O)(=O)NC[C@H](O)CO)OCCO2. The molecule has 0 aliphatic carbocycles. The fraction of sp³-hybridized carbons (Fsp3) is 0.455. The highest BCUT2D eigenvalue weighted by Gasteiger charge is 2.30. The van der Waals surface area contributed by atoms with Crippen LogP contribution in [-0.4, -0.2) is 56.0 Å². The molecule has 122 valence electrons. The fourth-order valence-electron chi connectivity index (χ4n) is 1.77. The highest BCUT2D eigenvalue weighted by Crippen LogP contribution is 2.38. The summed E-state index contributed by atoms with van der Waals surface area (Å²) in [5.74, 6) is 0.173. The van der Waals surface area contributed by atoms with Gasteiger partial charge in [-0.3, -0.25) is 10.1 Å². The summed E-state index contributed by atoms with van der Waals surface area (Å²) in [6, 6.07) is 1.98. The molecular formula is C11H14N2O8S. The standard InChI is InChI=1S/C11H14N2O8S/c14-6-7(15)5-12-22(18,19)11-4-10-9(20-1-2-21-10)3-8(11)13(16)17/h3-4,7,12,14-15H,1-2,5-6H2/t7-/m0/s1. The number of fused-ring (bicyclic) bond motifs is 1. The number of hydrogen-bond acceptors (Lipinski definition) is 8. The molecule has 2 rings (SSSR count). The molecule has 1 aromatic carbocycles. The van der Waals surface area contributed by atoms with Crippen LogP contribution in [0.25, 0.3) is 0 Å². The molecule has 0 saturated carbocycles. The van der Waals surface area contributed by atoms with Crippen LogP contribution in [0.15, 0.2) is 17.0 Å². The molecule has 1 heterocycles. The molecule has 1 atom stereocenters. The summed E-state index contributed by atoms with van der Waals surface area (Å²) in [5, 5.41) is 28.9. The average molecular weight is 334 g/mol. The van der Waals surface area contributed by atoms with E-state index in [9.17, 15) is 23.6 Å². The Kier molecular flexibility index (Phi) is 4.81. The van der Waals surface area contributed by atoms with E-state index in [1.807, 2.05) is 4.72 Å². The van der Waals surface area contributed by atoms with Crippen LogP contribution in [0.1, 0.15) is 0 Å². The smallest absolute Gasteiger partial charge is 0.293 e. The van der Waals surface area contributed by atoms with E-state index in [0.717, 1.165) is 12.1 Å². The van der Waals surface area contributed by atoms with Crippen LogP contribution >= 0.6 is 0 Å². The number of nitrogens with one attached hydrogen (secondary N) is 1. The van der Waals surface area contributed by atoms with Gasteiger partial charge in [0.1, 0.15) is 13.2 Å². The zero-order valence-corrected chi connectivity index (χ0v) is 12.1. The van der Waals surface area contributed by atoms with Gasteiger partial charge in [-0.05, 0) is 0 Å². The second-order valence-electron chi connectivity index (χ2n) is 4.41. The van der Waals surface area contributed by atoms with Crippen molar-refractivity contribution in [1.82, 2.24) is 4.72 Å². The van der Waals surface area contributed by atoms with E-state index in [1.165, 1.54) is 0 Å². The Hall–Kier alpha value is -1.95. The van der Waals surface area contributed by atoms with E-state index < -0.39 is 44.8 Å². The third-order valence-corrected chi connectivity index (χ3v) is 4.28. The summed E-state index contributed by atoms with van der Waals surface area (Å²) in [5.41, 5.74) is -0.671. The van der Waals surface area contributed by atoms with Crippen molar-refractivity contribution in [2.75, 3.05) is 26.4 Å². The van der Waals surface area contributed by atoms with E-state index in [0.29, 0.717) is 0 Å². The predicted molar refractivity (Wildman–Crippen MR) is 72.4 cm³/mol. The van der Waals surface area contributed by atoms with E-state index in [-0.39, 0.29) is 24.7 Å². The number of aliphatic hydroxyl groups excluding tert-OH is 2. The first-order chi connectivity index (χ1) is 10.3. The maximum atomic E-state index is 12.2. The molecule has 0 unspecified atom stereocenters. The van der Waals surface area contributed by atoms with Gasteiger partial charge in [-0.25, -0.2) is 13.1 Å². The van der Waals surface area contributed by atoms with Gasteiger partial charge in [0.15, 0.2) is 16.4 Å². The Morgan fingerprint density at radius 3 is 2.45 bits per heavy atom. The lowest BCUT2D eigenvalue weighted by atomic mass is 10.2. The number of aliphatic hydroxyl groups is 2. The predicted octanol–water partition coefficient (Wildman–Crippen LogP) is -1.00. The molecular weight excluding hydrogens is 320 g/mol. The molecule has 22 heavy (non-hydrogen) atoms. The minimum atomic E-state index is -4.27. The van der Waals surface area contributed by atoms with Crippen LogP contribution in [0.4, 0.5) is 5.69 Å². The summed E-state index contributed by atoms with van der Waals surface area (Å²) >= 11 is 0. The zero-order valence-electron chi connectivity index (χ0n) is 11.3. The lowest BCUT2D eigenvalue weighted by Crippen LogP contribution is -2.34. The Labute approximate surface area is 125 Å². The molecule has 0 saturated heterocycles. The van der Waals surface area contributed by atoms with Crippen molar-refractivity contribution in [3.05, 3.63) is 22.2 Å². The van der Waals surface area contributed by atoms with Gasteiger partial charge in [0.25, 0.3) is 5.69 Å². The van der Waals surface area contributed by atoms with E-state index in [2.05, 4.69) is 0 Å². The monoisotopic (exact) mass is 334 g/mol. The minimum Gasteiger partial charge on any atom is -0.486 e. The highest BCUT2D eigenvalue weighted by molar-refractivity contribution is 7.89. The molecule has 0 fully saturated rings. The van der Waals surface area contributed by atoms with Crippen molar-refractivity contribution in [3.63, 3.8) is 0 Å². The molecule has 1 aliphatic heterocycles. The van der Waals surface area contributed by atoms with Gasteiger partial charge in [0.05, 0.1) is 23.7 Å². The van der Waals surface area contributed by atoms with Crippen molar-refractivity contribution in [2.24, 2.45) is 0 Å². The first-order valence-corrected chi connectivity index (χ1v) is 7.70. The molecule has 11 heteroatoms. The molecule has 0 amide bonds. The van der Waals surface area contributed by atoms with E-state index >= 15 is 0 Å². The molecule has 0 bridgehead atoms. The Balaban J connectivity index is 2.41. The number of nitro groups is 1. The number of sulfonamides is 1. The number of rotatable bonds is 6. The topological polar surface area (TPSA) is 148 Å². The molecule has 3 N–H and O–H groups in total. The van der Waals surface area contributed by atoms with E-state index in [4.69, 9.17) is 14.6 Å². The van der Waals surface area contributed by atoms with Gasteiger partial charge in [0, 0.05) is 12.6 Å². The quantitative estimate of drug-likeness (QED) is 0.443. The third kappa shape index (κ3) is 3.44. The second kappa shape index (κ2) is 6.44. The van der Waals surface area contributed by atoms with Crippen molar-refractivity contribution in [3.8, 4) is 11.5 Å². The number of hydrogen-bond donors (Lipinski definition) is 3. The maximum absolute atomic E-state index is 12.2. The van der Waals surface area contributed by atoms with Gasteiger partial charge in [0.2, 0.25) is 10.0 Å². The van der Waals surface area contributed by atoms with Crippen LogP contribution < -0.4 is 14.2 Å². The third-order valence-electron chi connectivity index (χ3n) is 2.83. The number of nitrogens with zero attached hydrogens (tertiary/aromatic N) is 1. The molecule has 10 nitrogen and oxygen atoms in total. The normalized spacial score (nSPS) is 15.4. The molecule has 1 aliphatic rings.